The molecule has 3 rings (SSSR count). The van der Waals surface area contributed by atoms with Gasteiger partial charge in [0, 0.05) is 0 Å². The topological polar surface area (TPSA) is 97.6 Å². The molecule has 0 fully saturated rings. The van der Waals surface area contributed by atoms with Crippen molar-refractivity contribution in [3.8, 4) is 0 Å². The summed E-state index contributed by atoms with van der Waals surface area (Å²) in [7, 11) is 0. The number of amides is 2. The predicted octanol–water partition coefficient (Wildman–Crippen LogP) is 4.63. The lowest BCUT2D eigenvalue weighted by Gasteiger charge is -2.11. The summed E-state index contributed by atoms with van der Waals surface area (Å²) in [6.45, 7) is -0.553. The first kappa shape index (κ1) is 20.4. The van der Waals surface area contributed by atoms with Gasteiger partial charge in [-0.15, -0.1) is 0 Å². The van der Waals surface area contributed by atoms with Crippen LogP contribution in [0.4, 0.5) is 11.4 Å². The summed E-state index contributed by atoms with van der Waals surface area (Å²) in [4.78, 5) is 36.6. The van der Waals surface area contributed by atoms with Gasteiger partial charge in [0.05, 0.1) is 33.2 Å². The van der Waals surface area contributed by atoms with Crippen molar-refractivity contribution < 1.29 is 23.5 Å². The second-order valence-electron chi connectivity index (χ2n) is 5.70. The van der Waals surface area contributed by atoms with Crippen LogP contribution < -0.4 is 10.6 Å². The number of carbonyl (C=O) groups excluding carboxylic acids is 3. The van der Waals surface area contributed by atoms with Crippen molar-refractivity contribution in [1.82, 2.24) is 0 Å². The fourth-order valence-electron chi connectivity index (χ4n) is 2.36. The van der Waals surface area contributed by atoms with Crippen molar-refractivity contribution in [3.05, 3.63) is 82.2 Å². The molecule has 0 spiro atoms. The number of carbonyl (C=O) groups is 3. The summed E-state index contributed by atoms with van der Waals surface area (Å²) in [6, 6.07) is 14.1. The number of rotatable bonds is 6. The van der Waals surface area contributed by atoms with Crippen molar-refractivity contribution >= 4 is 52.4 Å². The molecule has 2 aromatic carbocycles. The molecule has 29 heavy (non-hydrogen) atoms. The zero-order valence-corrected chi connectivity index (χ0v) is 16.3. The van der Waals surface area contributed by atoms with E-state index < -0.39 is 24.4 Å². The zero-order valence-electron chi connectivity index (χ0n) is 14.8. The van der Waals surface area contributed by atoms with Gasteiger partial charge in [0.25, 0.3) is 11.8 Å². The van der Waals surface area contributed by atoms with E-state index in [0.717, 1.165) is 0 Å². The van der Waals surface area contributed by atoms with Gasteiger partial charge >= 0.3 is 5.97 Å². The van der Waals surface area contributed by atoms with Gasteiger partial charge < -0.3 is 19.8 Å². The molecule has 1 heterocycles. The van der Waals surface area contributed by atoms with Crippen LogP contribution in [-0.2, 0) is 9.53 Å². The maximum absolute atomic E-state index is 12.4. The maximum Gasteiger partial charge on any atom is 0.340 e. The molecule has 0 atom stereocenters. The molecular weight excluding hydrogens is 419 g/mol. The van der Waals surface area contributed by atoms with Crippen molar-refractivity contribution in [2.45, 2.75) is 0 Å². The van der Waals surface area contributed by atoms with E-state index in [2.05, 4.69) is 10.6 Å². The summed E-state index contributed by atoms with van der Waals surface area (Å²) < 4.78 is 10.1. The van der Waals surface area contributed by atoms with Crippen molar-refractivity contribution in [2.75, 3.05) is 17.2 Å². The number of halogens is 2. The van der Waals surface area contributed by atoms with Gasteiger partial charge in [0.2, 0.25) is 0 Å². The van der Waals surface area contributed by atoms with Gasteiger partial charge in [-0.25, -0.2) is 4.79 Å². The SMILES string of the molecule is O=C(COC(=O)c1ccccc1NC(=O)c1ccco1)Nc1cccc(Cl)c1Cl. The molecule has 0 saturated carbocycles. The lowest BCUT2D eigenvalue weighted by atomic mass is 10.1. The second kappa shape index (κ2) is 9.27. The van der Waals surface area contributed by atoms with Crippen LogP contribution in [0.5, 0.6) is 0 Å². The summed E-state index contributed by atoms with van der Waals surface area (Å²) in [5.74, 6) is -1.82. The number of anilines is 2. The minimum absolute atomic E-state index is 0.0843. The van der Waals surface area contributed by atoms with E-state index in [9.17, 15) is 14.4 Å². The van der Waals surface area contributed by atoms with Crippen molar-refractivity contribution in [3.63, 3.8) is 0 Å². The molecule has 1 aromatic heterocycles. The molecular formula is C20H14Cl2N2O5. The van der Waals surface area contributed by atoms with E-state index in [0.29, 0.717) is 5.69 Å². The summed E-state index contributed by atoms with van der Waals surface area (Å²) in [5, 5.41) is 5.54. The Balaban J connectivity index is 1.63. The number of para-hydroxylation sites is 1. The van der Waals surface area contributed by atoms with Crippen LogP contribution in [0.25, 0.3) is 0 Å². The van der Waals surface area contributed by atoms with Crippen LogP contribution in [-0.4, -0.2) is 24.4 Å². The van der Waals surface area contributed by atoms with Crippen LogP contribution in [0, 0.1) is 0 Å². The Morgan fingerprint density at radius 2 is 1.66 bits per heavy atom. The first-order valence-electron chi connectivity index (χ1n) is 8.30. The number of esters is 1. The average Bonchev–Trinajstić information content (AvgIpc) is 3.25. The third kappa shape index (κ3) is 5.16. The number of benzene rings is 2. The normalized spacial score (nSPS) is 10.3. The summed E-state index contributed by atoms with van der Waals surface area (Å²) in [6.07, 6.45) is 1.36. The molecule has 0 saturated heterocycles. The Morgan fingerprint density at radius 3 is 2.41 bits per heavy atom. The van der Waals surface area contributed by atoms with Gasteiger partial charge in [-0.3, -0.25) is 9.59 Å². The second-order valence-corrected chi connectivity index (χ2v) is 6.49. The van der Waals surface area contributed by atoms with Gasteiger partial charge in [-0.05, 0) is 36.4 Å². The molecule has 0 aliphatic heterocycles. The highest BCUT2D eigenvalue weighted by Gasteiger charge is 2.18. The molecule has 0 aliphatic carbocycles. The van der Waals surface area contributed by atoms with Crippen LogP contribution in [0.15, 0.2) is 65.3 Å². The Morgan fingerprint density at radius 1 is 0.897 bits per heavy atom. The third-order valence-electron chi connectivity index (χ3n) is 3.70. The minimum atomic E-state index is -0.785. The molecule has 2 N–H and O–H groups in total. The van der Waals surface area contributed by atoms with E-state index in [1.807, 2.05) is 0 Å². The van der Waals surface area contributed by atoms with Crippen molar-refractivity contribution in [1.29, 1.82) is 0 Å². The Labute approximate surface area is 175 Å². The number of hydrogen-bond donors (Lipinski definition) is 2. The Bertz CT molecular complexity index is 1050. The fourth-order valence-corrected chi connectivity index (χ4v) is 2.71. The van der Waals surface area contributed by atoms with Crippen LogP contribution in [0.2, 0.25) is 10.0 Å². The van der Waals surface area contributed by atoms with Gasteiger partial charge in [-0.1, -0.05) is 41.4 Å². The van der Waals surface area contributed by atoms with Crippen LogP contribution in [0.3, 0.4) is 0 Å². The lowest BCUT2D eigenvalue weighted by Crippen LogP contribution is -2.22. The first-order chi connectivity index (χ1) is 14.0. The molecule has 9 heteroatoms. The Hall–Kier alpha value is -3.29. The van der Waals surface area contributed by atoms with E-state index in [1.54, 1.807) is 36.4 Å². The lowest BCUT2D eigenvalue weighted by molar-refractivity contribution is -0.119. The van der Waals surface area contributed by atoms with Gasteiger partial charge in [-0.2, -0.15) is 0 Å². The molecule has 7 nitrogen and oxygen atoms in total. The molecule has 0 bridgehead atoms. The Kier molecular flexibility index (Phi) is 6.54. The van der Waals surface area contributed by atoms with Crippen LogP contribution in [0.1, 0.15) is 20.9 Å². The monoisotopic (exact) mass is 432 g/mol. The van der Waals surface area contributed by atoms with E-state index in [1.165, 1.54) is 24.5 Å². The van der Waals surface area contributed by atoms with E-state index >= 15 is 0 Å². The van der Waals surface area contributed by atoms with Crippen LogP contribution >= 0.6 is 23.2 Å². The maximum atomic E-state index is 12.4. The third-order valence-corrected chi connectivity index (χ3v) is 4.52. The highest BCUT2D eigenvalue weighted by Crippen LogP contribution is 2.29. The van der Waals surface area contributed by atoms with E-state index in [-0.39, 0.29) is 27.1 Å². The molecule has 3 aromatic rings. The fraction of sp³-hybridized carbons (Fsp3) is 0.0500. The molecule has 148 valence electrons. The average molecular weight is 433 g/mol. The quantitative estimate of drug-likeness (QED) is 0.553. The highest BCUT2D eigenvalue weighted by atomic mass is 35.5. The molecule has 0 unspecified atom stereocenters. The number of hydrogen-bond acceptors (Lipinski definition) is 5. The number of furan rings is 1. The zero-order chi connectivity index (χ0) is 20.8. The smallest absolute Gasteiger partial charge is 0.340 e. The first-order valence-corrected chi connectivity index (χ1v) is 9.06. The summed E-state index contributed by atoms with van der Waals surface area (Å²) >= 11 is 11.9. The number of nitrogens with one attached hydrogen (secondary N) is 2. The molecule has 2 amide bonds. The predicted molar refractivity (Wildman–Crippen MR) is 108 cm³/mol. The minimum Gasteiger partial charge on any atom is -0.459 e. The molecule has 0 radical (unpaired) electrons. The van der Waals surface area contributed by atoms with Gasteiger partial charge in [0.1, 0.15) is 0 Å². The standard InChI is InChI=1S/C20H14Cl2N2O5/c21-13-6-3-8-15(18(13)22)23-17(25)11-29-20(27)12-5-1-2-7-14(12)24-19(26)16-9-4-10-28-16/h1-10H,11H2,(H,23,25)(H,24,26). The highest BCUT2D eigenvalue weighted by molar-refractivity contribution is 6.44. The number of ether oxygens (including phenoxy) is 1. The largest absolute Gasteiger partial charge is 0.459 e. The van der Waals surface area contributed by atoms with E-state index in [4.69, 9.17) is 32.4 Å². The van der Waals surface area contributed by atoms with Gasteiger partial charge in [0.15, 0.2) is 12.4 Å². The van der Waals surface area contributed by atoms with Crippen molar-refractivity contribution in [2.24, 2.45) is 0 Å². The summed E-state index contributed by atoms with van der Waals surface area (Å²) in [5.41, 5.74) is 0.601. The molecule has 0 aliphatic rings.